The lowest BCUT2D eigenvalue weighted by molar-refractivity contribution is 0.173. The molecular formula is C17H22F2O2. The first-order valence-electron chi connectivity index (χ1n) is 7.97. The summed E-state index contributed by atoms with van der Waals surface area (Å²) >= 11 is 0. The largest absolute Gasteiger partial charge is 0.490 e. The molecule has 3 rings (SSSR count). The third-order valence-corrected chi connectivity index (χ3v) is 4.66. The van der Waals surface area contributed by atoms with Crippen molar-refractivity contribution >= 4 is 0 Å². The van der Waals surface area contributed by atoms with Crippen molar-refractivity contribution < 1.29 is 18.3 Å². The molecule has 0 saturated heterocycles. The van der Waals surface area contributed by atoms with Crippen LogP contribution in [0.5, 0.6) is 11.5 Å². The van der Waals surface area contributed by atoms with Gasteiger partial charge in [-0.25, -0.2) is 0 Å². The molecule has 0 radical (unpaired) electrons. The molecule has 2 nitrogen and oxygen atoms in total. The SMILES string of the molecule is Fc1c(OCC2CCCC2)ccc(OCC2CCC2)c1F. The summed E-state index contributed by atoms with van der Waals surface area (Å²) in [5.74, 6) is -0.909. The maximum Gasteiger partial charge on any atom is 0.204 e. The van der Waals surface area contributed by atoms with Gasteiger partial charge in [0.1, 0.15) is 0 Å². The van der Waals surface area contributed by atoms with Gasteiger partial charge in [-0.1, -0.05) is 19.3 Å². The van der Waals surface area contributed by atoms with Crippen LogP contribution in [0.3, 0.4) is 0 Å². The minimum Gasteiger partial charge on any atom is -0.490 e. The van der Waals surface area contributed by atoms with Gasteiger partial charge in [-0.2, -0.15) is 8.78 Å². The van der Waals surface area contributed by atoms with Crippen LogP contribution in [0.25, 0.3) is 0 Å². The maximum atomic E-state index is 14.0. The van der Waals surface area contributed by atoms with Gasteiger partial charge in [-0.15, -0.1) is 0 Å². The molecule has 0 unspecified atom stereocenters. The Balaban J connectivity index is 1.58. The highest BCUT2D eigenvalue weighted by Gasteiger charge is 2.22. The number of halogens is 2. The van der Waals surface area contributed by atoms with Crippen LogP contribution >= 0.6 is 0 Å². The molecule has 4 heteroatoms. The predicted octanol–water partition coefficient (Wildman–Crippen LogP) is 4.71. The van der Waals surface area contributed by atoms with Crippen molar-refractivity contribution in [1.82, 2.24) is 0 Å². The van der Waals surface area contributed by atoms with Crippen molar-refractivity contribution in [2.24, 2.45) is 11.8 Å². The summed E-state index contributed by atoms with van der Waals surface area (Å²) in [5, 5.41) is 0. The molecule has 116 valence electrons. The number of rotatable bonds is 6. The highest BCUT2D eigenvalue weighted by Crippen LogP contribution is 2.32. The Morgan fingerprint density at radius 1 is 0.762 bits per heavy atom. The van der Waals surface area contributed by atoms with Gasteiger partial charge >= 0.3 is 0 Å². The molecule has 0 heterocycles. The van der Waals surface area contributed by atoms with Crippen LogP contribution in [-0.4, -0.2) is 13.2 Å². The van der Waals surface area contributed by atoms with E-state index in [4.69, 9.17) is 9.47 Å². The molecule has 2 saturated carbocycles. The first-order chi connectivity index (χ1) is 10.2. The average Bonchev–Trinajstić information content (AvgIpc) is 2.94. The molecule has 0 atom stereocenters. The Morgan fingerprint density at radius 3 is 1.57 bits per heavy atom. The third kappa shape index (κ3) is 3.47. The molecule has 0 amide bonds. The summed E-state index contributed by atoms with van der Waals surface area (Å²) in [5.41, 5.74) is 0. The summed E-state index contributed by atoms with van der Waals surface area (Å²) in [4.78, 5) is 0. The monoisotopic (exact) mass is 296 g/mol. The minimum absolute atomic E-state index is 0.00426. The third-order valence-electron chi connectivity index (χ3n) is 4.66. The molecule has 0 bridgehead atoms. The molecule has 0 spiro atoms. The summed E-state index contributed by atoms with van der Waals surface area (Å²) in [6.07, 6.45) is 8.09. The summed E-state index contributed by atoms with van der Waals surface area (Å²) in [6.45, 7) is 0.942. The van der Waals surface area contributed by atoms with Gasteiger partial charge in [0.2, 0.25) is 11.6 Å². The van der Waals surface area contributed by atoms with Crippen LogP contribution < -0.4 is 9.47 Å². The van der Waals surface area contributed by atoms with E-state index >= 15 is 0 Å². The molecule has 0 N–H and O–H groups in total. The van der Waals surface area contributed by atoms with Crippen LogP contribution in [0.4, 0.5) is 8.78 Å². The zero-order valence-electron chi connectivity index (χ0n) is 12.2. The highest BCUT2D eigenvalue weighted by atomic mass is 19.2. The van der Waals surface area contributed by atoms with Crippen LogP contribution in [0, 0.1) is 23.5 Å². The van der Waals surface area contributed by atoms with E-state index < -0.39 is 11.6 Å². The van der Waals surface area contributed by atoms with Crippen molar-refractivity contribution in [2.45, 2.75) is 44.9 Å². The van der Waals surface area contributed by atoms with E-state index in [2.05, 4.69) is 0 Å². The lowest BCUT2D eigenvalue weighted by atomic mass is 9.86. The molecule has 2 fully saturated rings. The van der Waals surface area contributed by atoms with E-state index in [1.165, 1.54) is 31.4 Å². The van der Waals surface area contributed by atoms with Crippen LogP contribution in [-0.2, 0) is 0 Å². The Hall–Kier alpha value is -1.32. The number of ether oxygens (including phenoxy) is 2. The van der Waals surface area contributed by atoms with Gasteiger partial charge in [0.15, 0.2) is 11.5 Å². The second kappa shape index (κ2) is 6.63. The van der Waals surface area contributed by atoms with E-state index in [0.717, 1.165) is 25.7 Å². The topological polar surface area (TPSA) is 18.5 Å². The molecule has 0 aliphatic heterocycles. The van der Waals surface area contributed by atoms with E-state index in [1.54, 1.807) is 0 Å². The Kier molecular flexibility index (Phi) is 4.61. The van der Waals surface area contributed by atoms with Crippen molar-refractivity contribution in [3.63, 3.8) is 0 Å². The fourth-order valence-corrected chi connectivity index (χ4v) is 2.99. The lowest BCUT2D eigenvalue weighted by Gasteiger charge is -2.25. The molecule has 0 aromatic heterocycles. The van der Waals surface area contributed by atoms with Gasteiger partial charge in [-0.3, -0.25) is 0 Å². The number of hydrogen-bond donors (Lipinski definition) is 0. The van der Waals surface area contributed by atoms with Crippen LogP contribution in [0.2, 0.25) is 0 Å². The molecular weight excluding hydrogens is 274 g/mol. The molecule has 1 aromatic carbocycles. The second-order valence-corrected chi connectivity index (χ2v) is 6.26. The Labute approximate surface area is 124 Å². The predicted molar refractivity (Wildman–Crippen MR) is 76.6 cm³/mol. The van der Waals surface area contributed by atoms with E-state index in [9.17, 15) is 8.78 Å². The zero-order chi connectivity index (χ0) is 14.7. The summed E-state index contributed by atoms with van der Waals surface area (Å²) in [6, 6.07) is 2.95. The van der Waals surface area contributed by atoms with Gasteiger partial charge in [0.25, 0.3) is 0 Å². The molecule has 2 aliphatic rings. The van der Waals surface area contributed by atoms with Gasteiger partial charge < -0.3 is 9.47 Å². The highest BCUT2D eigenvalue weighted by molar-refractivity contribution is 5.35. The van der Waals surface area contributed by atoms with Gasteiger partial charge in [-0.05, 0) is 49.7 Å². The molecule has 2 aliphatic carbocycles. The van der Waals surface area contributed by atoms with Gasteiger partial charge in [0, 0.05) is 0 Å². The number of hydrogen-bond acceptors (Lipinski definition) is 2. The Bertz CT molecular complexity index is 480. The van der Waals surface area contributed by atoms with Crippen molar-refractivity contribution in [1.29, 1.82) is 0 Å². The first-order valence-corrected chi connectivity index (χ1v) is 7.97. The summed E-state index contributed by atoms with van der Waals surface area (Å²) in [7, 11) is 0. The fraction of sp³-hybridized carbons (Fsp3) is 0.647. The quantitative estimate of drug-likeness (QED) is 0.756. The molecule has 21 heavy (non-hydrogen) atoms. The minimum atomic E-state index is -0.932. The van der Waals surface area contributed by atoms with Crippen molar-refractivity contribution in [2.75, 3.05) is 13.2 Å². The first kappa shape index (κ1) is 14.6. The summed E-state index contributed by atoms with van der Waals surface area (Å²) < 4.78 is 38.8. The molecule has 1 aromatic rings. The number of benzene rings is 1. The lowest BCUT2D eigenvalue weighted by Crippen LogP contribution is -2.19. The zero-order valence-corrected chi connectivity index (χ0v) is 12.2. The maximum absolute atomic E-state index is 14.0. The van der Waals surface area contributed by atoms with E-state index in [-0.39, 0.29) is 11.5 Å². The van der Waals surface area contributed by atoms with E-state index in [0.29, 0.717) is 25.0 Å². The van der Waals surface area contributed by atoms with Crippen molar-refractivity contribution in [3.05, 3.63) is 23.8 Å². The second-order valence-electron chi connectivity index (χ2n) is 6.26. The van der Waals surface area contributed by atoms with E-state index in [1.807, 2.05) is 0 Å². The van der Waals surface area contributed by atoms with Crippen molar-refractivity contribution in [3.8, 4) is 11.5 Å². The van der Waals surface area contributed by atoms with Gasteiger partial charge in [0.05, 0.1) is 13.2 Å². The standard InChI is InChI=1S/C17H22F2O2/c18-16-14(20-10-12-4-1-2-5-12)8-9-15(17(16)19)21-11-13-6-3-7-13/h8-9,12-13H,1-7,10-11H2. The average molecular weight is 296 g/mol. The fourth-order valence-electron chi connectivity index (χ4n) is 2.99. The smallest absolute Gasteiger partial charge is 0.204 e. The normalized spacial score (nSPS) is 19.5. The van der Waals surface area contributed by atoms with Crippen LogP contribution in [0.1, 0.15) is 44.9 Å². The van der Waals surface area contributed by atoms with Crippen LogP contribution in [0.15, 0.2) is 12.1 Å². The Morgan fingerprint density at radius 2 is 1.19 bits per heavy atom.